The Morgan fingerprint density at radius 2 is 2.06 bits per heavy atom. The van der Waals surface area contributed by atoms with Gasteiger partial charge in [0, 0.05) is 25.4 Å². The summed E-state index contributed by atoms with van der Waals surface area (Å²) in [7, 11) is 0. The molecule has 1 rings (SSSR count). The number of hydrogen-bond donors (Lipinski definition) is 1. The minimum absolute atomic E-state index is 0.0362. The summed E-state index contributed by atoms with van der Waals surface area (Å²) < 4.78 is 35.9. The maximum atomic E-state index is 12.0. The molecule has 0 aromatic rings. The molecule has 1 aliphatic rings. The van der Waals surface area contributed by atoms with Crippen molar-refractivity contribution in [1.29, 1.82) is 0 Å². The fourth-order valence-corrected chi connectivity index (χ4v) is 1.77. The Morgan fingerprint density at radius 1 is 1.41 bits per heavy atom. The Labute approximate surface area is 97.1 Å². The minimum atomic E-state index is -4.20. The molecule has 0 aliphatic carbocycles. The fourth-order valence-electron chi connectivity index (χ4n) is 1.77. The van der Waals surface area contributed by atoms with Crippen LogP contribution < -0.4 is 5.32 Å². The van der Waals surface area contributed by atoms with E-state index >= 15 is 0 Å². The van der Waals surface area contributed by atoms with Crippen molar-refractivity contribution in [2.24, 2.45) is 0 Å². The third-order valence-electron chi connectivity index (χ3n) is 2.63. The number of rotatable bonds is 3. The zero-order chi connectivity index (χ0) is 13.1. The molecule has 7 heteroatoms. The van der Waals surface area contributed by atoms with Gasteiger partial charge in [0.1, 0.15) is 0 Å². The predicted molar refractivity (Wildman–Crippen MR) is 54.1 cm³/mol. The van der Waals surface area contributed by atoms with Crippen LogP contribution in [0.5, 0.6) is 0 Å². The van der Waals surface area contributed by atoms with Crippen LogP contribution in [0.3, 0.4) is 0 Å². The highest BCUT2D eigenvalue weighted by atomic mass is 19.4. The normalized spacial score (nSPS) is 22.4. The molecule has 0 spiro atoms. The summed E-state index contributed by atoms with van der Waals surface area (Å²) in [6.07, 6.45) is -5.11. The largest absolute Gasteiger partial charge is 0.389 e. The molecule has 1 saturated heterocycles. The van der Waals surface area contributed by atoms with E-state index in [1.807, 2.05) is 0 Å². The fraction of sp³-hybridized carbons (Fsp3) is 0.800. The highest BCUT2D eigenvalue weighted by Crippen LogP contribution is 2.22. The van der Waals surface area contributed by atoms with Gasteiger partial charge in [-0.25, -0.2) is 0 Å². The Balaban J connectivity index is 2.49. The lowest BCUT2D eigenvalue weighted by atomic mass is 10.2. The van der Waals surface area contributed by atoms with Crippen molar-refractivity contribution >= 4 is 11.8 Å². The first-order valence-corrected chi connectivity index (χ1v) is 5.42. The second-order valence-electron chi connectivity index (χ2n) is 4.14. The molecule has 1 fully saturated rings. The Kier molecular flexibility index (Phi) is 4.36. The van der Waals surface area contributed by atoms with E-state index in [4.69, 9.17) is 0 Å². The molecule has 0 saturated carbocycles. The van der Waals surface area contributed by atoms with Crippen LogP contribution in [0.1, 0.15) is 26.2 Å². The third-order valence-corrected chi connectivity index (χ3v) is 2.63. The van der Waals surface area contributed by atoms with E-state index in [0.717, 1.165) is 0 Å². The monoisotopic (exact) mass is 252 g/mol. The van der Waals surface area contributed by atoms with E-state index in [-0.39, 0.29) is 43.8 Å². The van der Waals surface area contributed by atoms with Crippen LogP contribution in [0, 0.1) is 0 Å². The number of alkyl halides is 3. The molecular weight excluding hydrogens is 237 g/mol. The summed E-state index contributed by atoms with van der Waals surface area (Å²) in [5.41, 5.74) is 0. The molecule has 0 radical (unpaired) electrons. The van der Waals surface area contributed by atoms with Crippen molar-refractivity contribution in [3.8, 4) is 0 Å². The molecule has 1 aliphatic heterocycles. The van der Waals surface area contributed by atoms with E-state index in [9.17, 15) is 22.8 Å². The van der Waals surface area contributed by atoms with E-state index in [1.165, 1.54) is 4.90 Å². The van der Waals surface area contributed by atoms with Crippen molar-refractivity contribution in [2.75, 3.05) is 13.1 Å². The third kappa shape index (κ3) is 4.62. The van der Waals surface area contributed by atoms with Gasteiger partial charge in [-0.15, -0.1) is 0 Å². The van der Waals surface area contributed by atoms with Gasteiger partial charge in [0.05, 0.1) is 6.54 Å². The molecular formula is C10H15F3N2O2. The number of halogens is 3. The van der Waals surface area contributed by atoms with Gasteiger partial charge in [0.15, 0.2) is 0 Å². The van der Waals surface area contributed by atoms with E-state index < -0.39 is 12.6 Å². The molecule has 1 heterocycles. The molecule has 98 valence electrons. The van der Waals surface area contributed by atoms with Crippen LogP contribution in [0.2, 0.25) is 0 Å². The molecule has 0 bridgehead atoms. The van der Waals surface area contributed by atoms with Crippen molar-refractivity contribution in [3.63, 3.8) is 0 Å². The van der Waals surface area contributed by atoms with E-state index in [2.05, 4.69) is 5.32 Å². The zero-order valence-electron chi connectivity index (χ0n) is 9.51. The quantitative estimate of drug-likeness (QED) is 0.816. The maximum absolute atomic E-state index is 12.0. The van der Waals surface area contributed by atoms with Crippen molar-refractivity contribution in [1.82, 2.24) is 10.2 Å². The van der Waals surface area contributed by atoms with Crippen LogP contribution in [-0.2, 0) is 9.59 Å². The summed E-state index contributed by atoms with van der Waals surface area (Å²) in [4.78, 5) is 24.0. The molecule has 2 amide bonds. The average molecular weight is 252 g/mol. The summed E-state index contributed by atoms with van der Waals surface area (Å²) in [6, 6.07) is -0.349. The van der Waals surface area contributed by atoms with Crippen LogP contribution in [0.4, 0.5) is 13.2 Å². The highest BCUT2D eigenvalue weighted by Gasteiger charge is 2.29. The average Bonchev–Trinajstić information content (AvgIpc) is 2.29. The number of nitrogens with zero attached hydrogens (tertiary/aromatic N) is 1. The number of hydrogen-bond acceptors (Lipinski definition) is 2. The van der Waals surface area contributed by atoms with Crippen LogP contribution in [0.25, 0.3) is 0 Å². The van der Waals surface area contributed by atoms with Gasteiger partial charge < -0.3 is 10.2 Å². The topological polar surface area (TPSA) is 49.4 Å². The van der Waals surface area contributed by atoms with Crippen LogP contribution in [-0.4, -0.2) is 42.0 Å². The second-order valence-corrected chi connectivity index (χ2v) is 4.14. The highest BCUT2D eigenvalue weighted by molar-refractivity contribution is 5.87. The molecule has 1 N–H and O–H groups in total. The van der Waals surface area contributed by atoms with Crippen LogP contribution >= 0.6 is 0 Å². The van der Waals surface area contributed by atoms with Crippen molar-refractivity contribution in [3.05, 3.63) is 0 Å². The molecule has 4 nitrogen and oxygen atoms in total. The molecule has 1 unspecified atom stereocenters. The number of carbonyl (C=O) groups excluding carboxylic acids is 2. The number of nitrogens with one attached hydrogen (secondary N) is 1. The molecule has 17 heavy (non-hydrogen) atoms. The lowest BCUT2D eigenvalue weighted by Gasteiger charge is -2.26. The number of amides is 2. The predicted octanol–water partition coefficient (Wildman–Crippen LogP) is 1.07. The summed E-state index contributed by atoms with van der Waals surface area (Å²) in [5, 5.41) is 2.41. The van der Waals surface area contributed by atoms with Gasteiger partial charge in [-0.3, -0.25) is 9.59 Å². The SMILES string of the molecule is CC1CC(=O)NCC(=O)N1CCCC(F)(F)F. The summed E-state index contributed by atoms with van der Waals surface area (Å²) in [5.74, 6) is -0.574. The molecule has 0 aromatic carbocycles. The first-order valence-electron chi connectivity index (χ1n) is 5.42. The zero-order valence-corrected chi connectivity index (χ0v) is 9.51. The van der Waals surface area contributed by atoms with E-state index in [0.29, 0.717) is 0 Å². The first-order chi connectivity index (χ1) is 7.79. The Hall–Kier alpha value is -1.27. The van der Waals surface area contributed by atoms with Crippen LogP contribution in [0.15, 0.2) is 0 Å². The standard InChI is InChI=1S/C10H15F3N2O2/c1-7-5-8(16)14-6-9(17)15(7)4-2-3-10(11,12)13/h7H,2-6H2,1H3,(H,14,16). The number of carbonyl (C=O) groups is 2. The van der Waals surface area contributed by atoms with Crippen molar-refractivity contribution < 1.29 is 22.8 Å². The van der Waals surface area contributed by atoms with E-state index in [1.54, 1.807) is 6.92 Å². The smallest absolute Gasteiger partial charge is 0.347 e. The molecule has 0 aromatic heterocycles. The van der Waals surface area contributed by atoms with Gasteiger partial charge in [-0.1, -0.05) is 0 Å². The first kappa shape index (κ1) is 13.8. The van der Waals surface area contributed by atoms with Gasteiger partial charge in [-0.2, -0.15) is 13.2 Å². The van der Waals surface area contributed by atoms with Gasteiger partial charge in [-0.05, 0) is 13.3 Å². The summed E-state index contributed by atoms with van der Waals surface area (Å²) >= 11 is 0. The maximum Gasteiger partial charge on any atom is 0.389 e. The van der Waals surface area contributed by atoms with Gasteiger partial charge >= 0.3 is 6.18 Å². The van der Waals surface area contributed by atoms with Crippen molar-refractivity contribution in [2.45, 2.75) is 38.4 Å². The summed E-state index contributed by atoms with van der Waals surface area (Å²) in [6.45, 7) is 1.57. The van der Waals surface area contributed by atoms with Gasteiger partial charge in [0.25, 0.3) is 0 Å². The Bertz CT molecular complexity index is 304. The lowest BCUT2D eigenvalue weighted by molar-refractivity contribution is -0.141. The Morgan fingerprint density at radius 3 is 2.65 bits per heavy atom. The second kappa shape index (κ2) is 5.37. The van der Waals surface area contributed by atoms with Gasteiger partial charge in [0.2, 0.25) is 11.8 Å². The lowest BCUT2D eigenvalue weighted by Crippen LogP contribution is -2.40. The molecule has 1 atom stereocenters. The minimum Gasteiger partial charge on any atom is -0.347 e.